The van der Waals surface area contributed by atoms with E-state index in [2.05, 4.69) is 5.32 Å². The minimum Gasteiger partial charge on any atom is -0.493 e. The first kappa shape index (κ1) is 16.8. The van der Waals surface area contributed by atoms with Crippen LogP contribution in [0.4, 0.5) is 5.69 Å². The lowest BCUT2D eigenvalue weighted by Gasteiger charge is -2.07. The molecule has 0 atom stereocenters. The Labute approximate surface area is 146 Å². The summed E-state index contributed by atoms with van der Waals surface area (Å²) in [6.45, 7) is 4.52. The van der Waals surface area contributed by atoms with Crippen molar-refractivity contribution in [1.29, 1.82) is 0 Å². The molecular formula is C20H19NO4. The van der Waals surface area contributed by atoms with E-state index < -0.39 is 5.97 Å². The summed E-state index contributed by atoms with van der Waals surface area (Å²) in [4.78, 5) is 24.2. The molecule has 25 heavy (non-hydrogen) atoms. The number of carbonyl (C=O) groups excluding carboxylic acids is 2. The first-order valence-corrected chi connectivity index (χ1v) is 8.20. The van der Waals surface area contributed by atoms with Gasteiger partial charge in [0.1, 0.15) is 5.75 Å². The molecule has 0 unspecified atom stereocenters. The maximum absolute atomic E-state index is 12.4. The van der Waals surface area contributed by atoms with Crippen molar-refractivity contribution in [3.05, 3.63) is 59.2 Å². The van der Waals surface area contributed by atoms with E-state index in [-0.39, 0.29) is 5.91 Å². The Morgan fingerprint density at radius 2 is 1.92 bits per heavy atom. The molecule has 1 aliphatic heterocycles. The van der Waals surface area contributed by atoms with Gasteiger partial charge < -0.3 is 14.8 Å². The molecule has 128 valence electrons. The van der Waals surface area contributed by atoms with Crippen LogP contribution in [0.15, 0.2) is 42.5 Å². The number of nitrogens with one attached hydrogen (secondary N) is 1. The van der Waals surface area contributed by atoms with Crippen LogP contribution >= 0.6 is 0 Å². The highest BCUT2D eigenvalue weighted by atomic mass is 16.5. The van der Waals surface area contributed by atoms with Gasteiger partial charge >= 0.3 is 5.97 Å². The van der Waals surface area contributed by atoms with E-state index in [4.69, 9.17) is 9.47 Å². The molecule has 5 nitrogen and oxygen atoms in total. The van der Waals surface area contributed by atoms with Crippen LogP contribution in [0.3, 0.4) is 0 Å². The van der Waals surface area contributed by atoms with Crippen LogP contribution < -0.4 is 10.1 Å². The summed E-state index contributed by atoms with van der Waals surface area (Å²) in [5.41, 5.74) is 3.14. The quantitative estimate of drug-likeness (QED) is 0.666. The van der Waals surface area contributed by atoms with Gasteiger partial charge in [0.15, 0.2) is 0 Å². The zero-order valence-electron chi connectivity index (χ0n) is 14.2. The fourth-order valence-electron chi connectivity index (χ4n) is 2.72. The summed E-state index contributed by atoms with van der Waals surface area (Å²) in [6.07, 6.45) is 1.80. The van der Waals surface area contributed by atoms with E-state index in [0.717, 1.165) is 16.9 Å². The van der Waals surface area contributed by atoms with Crippen LogP contribution in [0.25, 0.3) is 11.6 Å². The standard InChI is InChI=1S/C20H19NO4/c1-3-24-18-8-6-5-7-13(18)11-16-15-10-9-14(20(23)25-4-2)12-17(15)21-19(16)22/h5-12H,3-4H2,1-2H3,(H,21,22)/b16-11+. The molecular weight excluding hydrogens is 318 g/mol. The second-order valence-corrected chi connectivity index (χ2v) is 5.46. The molecule has 0 spiro atoms. The lowest BCUT2D eigenvalue weighted by molar-refractivity contribution is -0.110. The zero-order valence-corrected chi connectivity index (χ0v) is 14.2. The van der Waals surface area contributed by atoms with Gasteiger partial charge in [0.05, 0.1) is 18.8 Å². The van der Waals surface area contributed by atoms with Crippen LogP contribution in [0.2, 0.25) is 0 Å². The Morgan fingerprint density at radius 3 is 2.68 bits per heavy atom. The lowest BCUT2D eigenvalue weighted by Crippen LogP contribution is -2.06. The Morgan fingerprint density at radius 1 is 1.12 bits per heavy atom. The Balaban J connectivity index is 1.99. The van der Waals surface area contributed by atoms with E-state index in [0.29, 0.717) is 30.0 Å². The first-order valence-electron chi connectivity index (χ1n) is 8.20. The van der Waals surface area contributed by atoms with Crippen LogP contribution in [0.1, 0.15) is 35.3 Å². The smallest absolute Gasteiger partial charge is 0.338 e. The number of para-hydroxylation sites is 1. The molecule has 0 bridgehead atoms. The third kappa shape index (κ3) is 3.40. The van der Waals surface area contributed by atoms with Gasteiger partial charge in [-0.25, -0.2) is 4.79 Å². The van der Waals surface area contributed by atoms with Crippen LogP contribution in [-0.4, -0.2) is 25.1 Å². The number of benzene rings is 2. The van der Waals surface area contributed by atoms with Gasteiger partial charge in [-0.05, 0) is 38.1 Å². The third-order valence-corrected chi connectivity index (χ3v) is 3.83. The number of fused-ring (bicyclic) bond motifs is 1. The second-order valence-electron chi connectivity index (χ2n) is 5.46. The number of ether oxygens (including phenoxy) is 2. The second kappa shape index (κ2) is 7.21. The molecule has 3 rings (SSSR count). The number of hydrogen-bond acceptors (Lipinski definition) is 4. The normalized spacial score (nSPS) is 14.2. The Kier molecular flexibility index (Phi) is 4.84. The molecule has 1 heterocycles. The molecule has 5 heteroatoms. The molecule has 0 aliphatic carbocycles. The van der Waals surface area contributed by atoms with Crippen molar-refractivity contribution in [2.24, 2.45) is 0 Å². The van der Waals surface area contributed by atoms with Crippen molar-refractivity contribution in [3.63, 3.8) is 0 Å². The third-order valence-electron chi connectivity index (χ3n) is 3.83. The summed E-state index contributed by atoms with van der Waals surface area (Å²) >= 11 is 0. The predicted molar refractivity (Wildman–Crippen MR) is 96.5 cm³/mol. The molecule has 0 radical (unpaired) electrons. The number of esters is 1. The van der Waals surface area contributed by atoms with Crippen molar-refractivity contribution < 1.29 is 19.1 Å². The fourth-order valence-corrected chi connectivity index (χ4v) is 2.72. The van der Waals surface area contributed by atoms with Crippen LogP contribution in [0.5, 0.6) is 5.75 Å². The van der Waals surface area contributed by atoms with Gasteiger partial charge in [-0.3, -0.25) is 4.79 Å². The molecule has 2 aromatic carbocycles. The number of amides is 1. The molecule has 0 saturated carbocycles. The van der Waals surface area contributed by atoms with Gasteiger partial charge in [0.2, 0.25) is 0 Å². The number of anilines is 1. The summed E-state index contributed by atoms with van der Waals surface area (Å²) in [6, 6.07) is 12.6. The van der Waals surface area contributed by atoms with E-state index >= 15 is 0 Å². The minimum absolute atomic E-state index is 0.206. The zero-order chi connectivity index (χ0) is 17.8. The summed E-state index contributed by atoms with van der Waals surface area (Å²) in [7, 11) is 0. The maximum atomic E-state index is 12.4. The number of hydrogen-bond donors (Lipinski definition) is 1. The largest absolute Gasteiger partial charge is 0.493 e. The predicted octanol–water partition coefficient (Wildman–Crippen LogP) is 3.75. The summed E-state index contributed by atoms with van der Waals surface area (Å²) in [5.74, 6) is 0.114. The van der Waals surface area contributed by atoms with Gasteiger partial charge in [-0.1, -0.05) is 24.3 Å². The SMILES string of the molecule is CCOC(=O)c1ccc2c(c1)NC(=O)/C2=C/c1ccccc1OCC. The van der Waals surface area contributed by atoms with Crippen molar-refractivity contribution in [2.45, 2.75) is 13.8 Å². The highest BCUT2D eigenvalue weighted by Crippen LogP contribution is 2.35. The Bertz CT molecular complexity index is 855. The molecule has 0 saturated heterocycles. The number of rotatable bonds is 5. The molecule has 0 fully saturated rings. The van der Waals surface area contributed by atoms with Gasteiger partial charge in [-0.2, -0.15) is 0 Å². The van der Waals surface area contributed by atoms with Crippen LogP contribution in [-0.2, 0) is 9.53 Å². The highest BCUT2D eigenvalue weighted by Gasteiger charge is 2.25. The molecule has 1 aliphatic rings. The van der Waals surface area contributed by atoms with Gasteiger partial charge in [0.25, 0.3) is 5.91 Å². The topological polar surface area (TPSA) is 64.6 Å². The fraction of sp³-hybridized carbons (Fsp3) is 0.200. The average molecular weight is 337 g/mol. The maximum Gasteiger partial charge on any atom is 0.338 e. The molecule has 1 amide bonds. The summed E-state index contributed by atoms with van der Waals surface area (Å²) in [5, 5.41) is 2.80. The lowest BCUT2D eigenvalue weighted by atomic mass is 10.0. The molecule has 1 N–H and O–H groups in total. The van der Waals surface area contributed by atoms with Gasteiger partial charge in [0, 0.05) is 22.4 Å². The first-order chi connectivity index (χ1) is 12.1. The van der Waals surface area contributed by atoms with Crippen molar-refractivity contribution in [2.75, 3.05) is 18.5 Å². The summed E-state index contributed by atoms with van der Waals surface area (Å²) < 4.78 is 10.6. The van der Waals surface area contributed by atoms with Crippen molar-refractivity contribution in [3.8, 4) is 5.75 Å². The van der Waals surface area contributed by atoms with Crippen molar-refractivity contribution in [1.82, 2.24) is 0 Å². The number of carbonyl (C=O) groups is 2. The Hall–Kier alpha value is -3.08. The molecule has 2 aromatic rings. The van der Waals surface area contributed by atoms with E-state index in [1.165, 1.54) is 0 Å². The average Bonchev–Trinajstić information content (AvgIpc) is 2.92. The highest BCUT2D eigenvalue weighted by molar-refractivity contribution is 6.35. The van der Waals surface area contributed by atoms with E-state index in [1.54, 1.807) is 31.2 Å². The van der Waals surface area contributed by atoms with Crippen LogP contribution in [0, 0.1) is 0 Å². The van der Waals surface area contributed by atoms with E-state index in [1.807, 2.05) is 31.2 Å². The van der Waals surface area contributed by atoms with E-state index in [9.17, 15) is 9.59 Å². The monoisotopic (exact) mass is 337 g/mol. The van der Waals surface area contributed by atoms with Crippen molar-refractivity contribution >= 4 is 29.2 Å². The minimum atomic E-state index is -0.404. The molecule has 0 aromatic heterocycles. The van der Waals surface area contributed by atoms with Gasteiger partial charge in [-0.15, -0.1) is 0 Å².